The fourth-order valence-electron chi connectivity index (χ4n) is 2.90. The molecule has 122 valence electrons. The van der Waals surface area contributed by atoms with Crippen molar-refractivity contribution in [3.8, 4) is 0 Å². The fourth-order valence-corrected chi connectivity index (χ4v) is 2.90. The minimum absolute atomic E-state index is 0.0370. The predicted octanol–water partition coefficient (Wildman–Crippen LogP) is 0.771. The zero-order valence-corrected chi connectivity index (χ0v) is 13.1. The highest BCUT2D eigenvalue weighted by molar-refractivity contribution is 5.76. The molecule has 1 amide bonds. The van der Waals surface area contributed by atoms with Gasteiger partial charge in [-0.15, -0.1) is 10.2 Å². The second-order valence-corrected chi connectivity index (χ2v) is 6.04. The molecule has 2 heterocycles. The number of aromatic nitrogens is 4. The van der Waals surface area contributed by atoms with Gasteiger partial charge in [0.05, 0.1) is 17.8 Å². The average molecular weight is 315 g/mol. The number of nitrogens with one attached hydrogen (secondary N) is 1. The molecule has 0 saturated heterocycles. The summed E-state index contributed by atoms with van der Waals surface area (Å²) in [5, 5.41) is 20.4. The molecule has 0 aromatic carbocycles. The molecule has 1 saturated carbocycles. The van der Waals surface area contributed by atoms with Gasteiger partial charge < -0.3 is 15.0 Å². The number of amides is 1. The van der Waals surface area contributed by atoms with E-state index in [1.165, 1.54) is 0 Å². The highest BCUT2D eigenvalue weighted by Crippen LogP contribution is 2.37. The van der Waals surface area contributed by atoms with Gasteiger partial charge in [-0.05, 0) is 30.9 Å². The van der Waals surface area contributed by atoms with Crippen molar-refractivity contribution in [3.63, 3.8) is 0 Å². The lowest BCUT2D eigenvalue weighted by Gasteiger charge is -2.37. The molecule has 7 heteroatoms. The van der Waals surface area contributed by atoms with Crippen molar-refractivity contribution in [2.24, 2.45) is 13.0 Å². The number of aryl methyl sites for hydroxylation is 2. The van der Waals surface area contributed by atoms with Gasteiger partial charge in [-0.2, -0.15) is 0 Å². The second kappa shape index (κ2) is 6.87. The quantitative estimate of drug-likeness (QED) is 0.821. The van der Waals surface area contributed by atoms with Crippen LogP contribution >= 0.6 is 0 Å². The van der Waals surface area contributed by atoms with Crippen LogP contribution in [0.25, 0.3) is 0 Å². The Labute approximate surface area is 134 Å². The van der Waals surface area contributed by atoms with Crippen LogP contribution in [-0.2, 0) is 18.3 Å². The van der Waals surface area contributed by atoms with Crippen LogP contribution in [0.3, 0.4) is 0 Å². The number of nitrogens with zero attached hydrogens (tertiary/aromatic N) is 4. The summed E-state index contributed by atoms with van der Waals surface area (Å²) in [5.74, 6) is 0.984. The Morgan fingerprint density at radius 2 is 2.30 bits per heavy atom. The first kappa shape index (κ1) is 15.6. The minimum Gasteiger partial charge on any atom is -0.393 e. The van der Waals surface area contributed by atoms with Gasteiger partial charge in [0.25, 0.3) is 0 Å². The van der Waals surface area contributed by atoms with Crippen LogP contribution in [0, 0.1) is 5.92 Å². The molecule has 3 rings (SSSR count). The molecule has 1 aliphatic carbocycles. The van der Waals surface area contributed by atoms with E-state index >= 15 is 0 Å². The summed E-state index contributed by atoms with van der Waals surface area (Å²) < 4.78 is 1.81. The lowest BCUT2D eigenvalue weighted by atomic mass is 9.76. The van der Waals surface area contributed by atoms with Gasteiger partial charge >= 0.3 is 0 Å². The van der Waals surface area contributed by atoms with Gasteiger partial charge in [0, 0.05) is 26.1 Å². The van der Waals surface area contributed by atoms with E-state index in [2.05, 4.69) is 20.5 Å². The molecule has 2 aromatic rings. The van der Waals surface area contributed by atoms with Crippen molar-refractivity contribution < 1.29 is 9.90 Å². The highest BCUT2D eigenvalue weighted by atomic mass is 16.3. The summed E-state index contributed by atoms with van der Waals surface area (Å²) >= 11 is 0. The second-order valence-electron chi connectivity index (χ2n) is 6.04. The van der Waals surface area contributed by atoms with E-state index in [-0.39, 0.29) is 24.0 Å². The van der Waals surface area contributed by atoms with Gasteiger partial charge in [-0.25, -0.2) is 0 Å². The van der Waals surface area contributed by atoms with Crippen molar-refractivity contribution in [1.29, 1.82) is 0 Å². The summed E-state index contributed by atoms with van der Waals surface area (Å²) in [7, 11) is 1.86. The van der Waals surface area contributed by atoms with Crippen LogP contribution < -0.4 is 5.32 Å². The van der Waals surface area contributed by atoms with E-state index in [1.807, 2.05) is 29.8 Å². The van der Waals surface area contributed by atoms with E-state index in [0.29, 0.717) is 25.7 Å². The molecular formula is C16H21N5O2. The maximum Gasteiger partial charge on any atom is 0.220 e. The molecule has 2 N–H and O–H groups in total. The number of carbonyl (C=O) groups excluding carboxylic acids is 1. The van der Waals surface area contributed by atoms with Crippen molar-refractivity contribution in [2.45, 2.75) is 37.8 Å². The number of pyridine rings is 1. The molecule has 0 bridgehead atoms. The van der Waals surface area contributed by atoms with Crippen LogP contribution in [0.2, 0.25) is 0 Å². The molecule has 2 aromatic heterocycles. The molecular weight excluding hydrogens is 294 g/mol. The van der Waals surface area contributed by atoms with Crippen LogP contribution in [0.1, 0.15) is 36.8 Å². The molecule has 1 atom stereocenters. The number of aliphatic hydroxyl groups excluding tert-OH is 1. The van der Waals surface area contributed by atoms with Crippen LogP contribution in [-0.4, -0.2) is 36.9 Å². The molecule has 23 heavy (non-hydrogen) atoms. The number of hydrogen-bond acceptors (Lipinski definition) is 5. The molecule has 0 aliphatic heterocycles. The van der Waals surface area contributed by atoms with Crippen molar-refractivity contribution in [2.75, 3.05) is 0 Å². The van der Waals surface area contributed by atoms with E-state index < -0.39 is 0 Å². The first-order valence-electron chi connectivity index (χ1n) is 7.84. The lowest BCUT2D eigenvalue weighted by molar-refractivity contribution is -0.123. The average Bonchev–Trinajstić information content (AvgIpc) is 2.94. The number of aliphatic hydroxyl groups is 1. The van der Waals surface area contributed by atoms with Gasteiger partial charge in [0.15, 0.2) is 0 Å². The van der Waals surface area contributed by atoms with E-state index in [0.717, 1.165) is 11.5 Å². The highest BCUT2D eigenvalue weighted by Gasteiger charge is 2.36. The number of hydrogen-bond donors (Lipinski definition) is 2. The Balaban J connectivity index is 1.61. The monoisotopic (exact) mass is 315 g/mol. The van der Waals surface area contributed by atoms with Crippen molar-refractivity contribution in [3.05, 3.63) is 42.2 Å². The van der Waals surface area contributed by atoms with Gasteiger partial charge in [-0.3, -0.25) is 9.78 Å². The molecule has 7 nitrogen and oxygen atoms in total. The fraction of sp³-hybridized carbons (Fsp3) is 0.500. The van der Waals surface area contributed by atoms with E-state index in [4.69, 9.17) is 0 Å². The smallest absolute Gasteiger partial charge is 0.220 e. The Bertz CT molecular complexity index is 652. The predicted molar refractivity (Wildman–Crippen MR) is 83.2 cm³/mol. The standard InChI is InChI=1S/C16H21N5O2/c1-21-10-18-20-14(21)5-6-15(23)19-16(11-8-12(22)9-11)13-4-2-3-7-17-13/h2-4,7,10-12,16,22H,5-6,8-9H2,1H3,(H,19,23). The topological polar surface area (TPSA) is 92.9 Å². The first-order chi connectivity index (χ1) is 11.1. The van der Waals surface area contributed by atoms with Crippen LogP contribution in [0.4, 0.5) is 0 Å². The van der Waals surface area contributed by atoms with Gasteiger partial charge in [-0.1, -0.05) is 6.07 Å². The number of rotatable bonds is 6. The maximum atomic E-state index is 12.3. The van der Waals surface area contributed by atoms with E-state index in [9.17, 15) is 9.90 Å². The first-order valence-corrected chi connectivity index (χ1v) is 7.84. The Hall–Kier alpha value is -2.28. The SMILES string of the molecule is Cn1cnnc1CCC(=O)NC(c1ccccn1)C1CC(O)C1. The Kier molecular flexibility index (Phi) is 4.66. The maximum absolute atomic E-state index is 12.3. The molecule has 1 fully saturated rings. The molecule has 0 radical (unpaired) electrons. The molecule has 0 spiro atoms. The van der Waals surface area contributed by atoms with Crippen molar-refractivity contribution >= 4 is 5.91 Å². The van der Waals surface area contributed by atoms with Gasteiger partial charge in [0.2, 0.25) is 5.91 Å². The summed E-state index contributed by atoms with van der Waals surface area (Å²) in [6.45, 7) is 0. The van der Waals surface area contributed by atoms with Gasteiger partial charge in [0.1, 0.15) is 12.2 Å². The summed E-state index contributed by atoms with van der Waals surface area (Å²) in [5.41, 5.74) is 0.844. The minimum atomic E-state index is -0.262. The Morgan fingerprint density at radius 1 is 1.48 bits per heavy atom. The van der Waals surface area contributed by atoms with Crippen LogP contribution in [0.15, 0.2) is 30.7 Å². The molecule has 1 aliphatic rings. The van der Waals surface area contributed by atoms with E-state index in [1.54, 1.807) is 12.5 Å². The summed E-state index contributed by atoms with van der Waals surface area (Å²) in [6.07, 6.45) is 5.38. The Morgan fingerprint density at radius 3 is 2.91 bits per heavy atom. The normalized spacial score (nSPS) is 21.5. The summed E-state index contributed by atoms with van der Waals surface area (Å²) in [4.78, 5) is 16.7. The van der Waals surface area contributed by atoms with Crippen molar-refractivity contribution in [1.82, 2.24) is 25.1 Å². The molecule has 1 unspecified atom stereocenters. The van der Waals surface area contributed by atoms with Crippen LogP contribution in [0.5, 0.6) is 0 Å². The lowest BCUT2D eigenvalue weighted by Crippen LogP contribution is -2.41. The third-order valence-electron chi connectivity index (χ3n) is 4.32. The zero-order valence-electron chi connectivity index (χ0n) is 13.1. The zero-order chi connectivity index (χ0) is 16.2. The number of carbonyl (C=O) groups is 1. The third-order valence-corrected chi connectivity index (χ3v) is 4.32. The third kappa shape index (κ3) is 3.73. The summed E-state index contributed by atoms with van der Waals surface area (Å²) in [6, 6.07) is 5.53. The largest absolute Gasteiger partial charge is 0.393 e.